The van der Waals surface area contributed by atoms with E-state index in [1.165, 1.54) is 0 Å². The van der Waals surface area contributed by atoms with Crippen LogP contribution in [0.1, 0.15) is 25.8 Å². The van der Waals surface area contributed by atoms with Crippen molar-refractivity contribution in [1.82, 2.24) is 20.2 Å². The van der Waals surface area contributed by atoms with Crippen molar-refractivity contribution in [3.63, 3.8) is 0 Å². The molecule has 1 fully saturated rings. The van der Waals surface area contributed by atoms with Crippen LogP contribution in [0.2, 0.25) is 0 Å². The summed E-state index contributed by atoms with van der Waals surface area (Å²) in [7, 11) is 1.62. The van der Waals surface area contributed by atoms with Crippen LogP contribution in [0.25, 0.3) is 11.4 Å². The van der Waals surface area contributed by atoms with Crippen molar-refractivity contribution >= 4 is 5.69 Å². The van der Waals surface area contributed by atoms with Gasteiger partial charge in [-0.15, -0.1) is 5.10 Å². The molecule has 7 nitrogen and oxygen atoms in total. The average molecular weight is 289 g/mol. The fourth-order valence-electron chi connectivity index (χ4n) is 2.69. The van der Waals surface area contributed by atoms with E-state index in [2.05, 4.69) is 22.4 Å². The molecule has 1 aliphatic heterocycles. The lowest BCUT2D eigenvalue weighted by Gasteiger charge is -2.20. The van der Waals surface area contributed by atoms with Crippen molar-refractivity contribution in [3.8, 4) is 17.1 Å². The lowest BCUT2D eigenvalue weighted by Crippen LogP contribution is -2.22. The third-order valence-corrected chi connectivity index (χ3v) is 3.85. The van der Waals surface area contributed by atoms with E-state index in [9.17, 15) is 0 Å². The molecule has 0 amide bonds. The van der Waals surface area contributed by atoms with E-state index in [0.717, 1.165) is 25.0 Å². The number of benzene rings is 1. The molecule has 0 radical (unpaired) electrons. The van der Waals surface area contributed by atoms with Gasteiger partial charge in [-0.3, -0.25) is 0 Å². The van der Waals surface area contributed by atoms with Crippen molar-refractivity contribution in [2.24, 2.45) is 0 Å². The van der Waals surface area contributed by atoms with Crippen LogP contribution >= 0.6 is 0 Å². The van der Waals surface area contributed by atoms with Gasteiger partial charge in [0.1, 0.15) is 5.75 Å². The lowest BCUT2D eigenvalue weighted by atomic mass is 10.1. The number of hydrogen-bond acceptors (Lipinski definition) is 6. The lowest BCUT2D eigenvalue weighted by molar-refractivity contribution is 0.0690. The van der Waals surface area contributed by atoms with Gasteiger partial charge in [0.05, 0.1) is 24.8 Å². The van der Waals surface area contributed by atoms with Gasteiger partial charge in [-0.05, 0) is 48.4 Å². The number of tetrazole rings is 1. The van der Waals surface area contributed by atoms with E-state index < -0.39 is 0 Å². The fourth-order valence-corrected chi connectivity index (χ4v) is 2.69. The number of ether oxygens (including phenoxy) is 2. The SMILES string of the molecule is COc1ccc(N)cc1-c1nnnn1C(C)C1CCCO1. The van der Waals surface area contributed by atoms with Gasteiger partial charge in [0.15, 0.2) is 5.82 Å². The number of anilines is 1. The number of hydrogen-bond donors (Lipinski definition) is 1. The Labute approximate surface area is 123 Å². The maximum atomic E-state index is 5.88. The van der Waals surface area contributed by atoms with E-state index in [4.69, 9.17) is 15.2 Å². The largest absolute Gasteiger partial charge is 0.496 e. The molecule has 112 valence electrons. The molecule has 2 heterocycles. The highest BCUT2D eigenvalue weighted by Gasteiger charge is 2.27. The van der Waals surface area contributed by atoms with Gasteiger partial charge in [0.25, 0.3) is 0 Å². The first kappa shape index (κ1) is 13.8. The standard InChI is InChI=1S/C14H19N5O2/c1-9(12-4-3-7-21-12)19-14(16-17-18-19)11-8-10(15)5-6-13(11)20-2/h5-6,8-9,12H,3-4,7,15H2,1-2H3. The minimum atomic E-state index is 0.0589. The predicted octanol–water partition coefficient (Wildman–Crippen LogP) is 1.67. The van der Waals surface area contributed by atoms with E-state index in [-0.39, 0.29) is 12.1 Å². The van der Waals surface area contributed by atoms with Crippen LogP contribution in [0.3, 0.4) is 0 Å². The summed E-state index contributed by atoms with van der Waals surface area (Å²) >= 11 is 0. The highest BCUT2D eigenvalue weighted by Crippen LogP contribution is 2.33. The molecule has 0 aliphatic carbocycles. The van der Waals surface area contributed by atoms with Gasteiger partial charge in [-0.2, -0.15) is 0 Å². The molecule has 2 aromatic rings. The Kier molecular flexibility index (Phi) is 3.74. The molecule has 0 saturated carbocycles. The van der Waals surface area contributed by atoms with Gasteiger partial charge in [-0.25, -0.2) is 4.68 Å². The zero-order chi connectivity index (χ0) is 14.8. The zero-order valence-electron chi connectivity index (χ0n) is 12.2. The van der Waals surface area contributed by atoms with Gasteiger partial charge >= 0.3 is 0 Å². The normalized spacial score (nSPS) is 19.6. The van der Waals surface area contributed by atoms with Gasteiger partial charge in [0.2, 0.25) is 0 Å². The summed E-state index contributed by atoms with van der Waals surface area (Å²) in [6, 6.07) is 5.49. The first-order valence-electron chi connectivity index (χ1n) is 7.04. The monoisotopic (exact) mass is 289 g/mol. The van der Waals surface area contributed by atoms with E-state index in [1.54, 1.807) is 17.9 Å². The topological polar surface area (TPSA) is 88.1 Å². The van der Waals surface area contributed by atoms with Crippen LogP contribution in [0.4, 0.5) is 5.69 Å². The molecule has 1 saturated heterocycles. The van der Waals surface area contributed by atoms with Crippen molar-refractivity contribution in [1.29, 1.82) is 0 Å². The minimum absolute atomic E-state index is 0.0589. The number of rotatable bonds is 4. The van der Waals surface area contributed by atoms with Crippen LogP contribution in [-0.2, 0) is 4.74 Å². The van der Waals surface area contributed by atoms with Crippen LogP contribution in [0, 0.1) is 0 Å². The molecule has 1 aliphatic rings. The third kappa shape index (κ3) is 2.56. The number of nitrogens with two attached hydrogens (primary N) is 1. The Morgan fingerprint density at radius 2 is 2.33 bits per heavy atom. The summed E-state index contributed by atoms with van der Waals surface area (Å²) < 4.78 is 12.9. The van der Waals surface area contributed by atoms with Crippen molar-refractivity contribution in [3.05, 3.63) is 18.2 Å². The zero-order valence-corrected chi connectivity index (χ0v) is 12.2. The maximum absolute atomic E-state index is 5.88. The second-order valence-corrected chi connectivity index (χ2v) is 5.20. The quantitative estimate of drug-likeness (QED) is 0.861. The van der Waals surface area contributed by atoms with Gasteiger partial charge < -0.3 is 15.2 Å². The van der Waals surface area contributed by atoms with Crippen molar-refractivity contribution in [2.45, 2.75) is 31.9 Å². The molecule has 0 spiro atoms. The molecule has 21 heavy (non-hydrogen) atoms. The molecule has 0 bridgehead atoms. The molecule has 3 rings (SSSR count). The predicted molar refractivity (Wildman–Crippen MR) is 77.9 cm³/mol. The Morgan fingerprint density at radius 3 is 3.05 bits per heavy atom. The summed E-state index contributed by atoms with van der Waals surface area (Å²) in [6.07, 6.45) is 2.24. The van der Waals surface area contributed by atoms with E-state index >= 15 is 0 Å². The Bertz CT molecular complexity index is 622. The Hall–Kier alpha value is -2.15. The van der Waals surface area contributed by atoms with Gasteiger partial charge in [0, 0.05) is 12.3 Å². The Balaban J connectivity index is 2.00. The summed E-state index contributed by atoms with van der Waals surface area (Å²) in [5.41, 5.74) is 7.31. The third-order valence-electron chi connectivity index (χ3n) is 3.85. The highest BCUT2D eigenvalue weighted by atomic mass is 16.5. The summed E-state index contributed by atoms with van der Waals surface area (Å²) in [6.45, 7) is 2.86. The number of nitrogens with zero attached hydrogens (tertiary/aromatic N) is 4. The Morgan fingerprint density at radius 1 is 1.48 bits per heavy atom. The summed E-state index contributed by atoms with van der Waals surface area (Å²) in [5, 5.41) is 12.1. The number of aromatic nitrogens is 4. The van der Waals surface area contributed by atoms with Crippen LogP contribution < -0.4 is 10.5 Å². The fraction of sp³-hybridized carbons (Fsp3) is 0.500. The van der Waals surface area contributed by atoms with E-state index in [1.807, 2.05) is 12.1 Å². The minimum Gasteiger partial charge on any atom is -0.496 e. The second kappa shape index (κ2) is 5.69. The van der Waals surface area contributed by atoms with Gasteiger partial charge in [-0.1, -0.05) is 0 Å². The molecule has 2 atom stereocenters. The molecular weight excluding hydrogens is 270 g/mol. The van der Waals surface area contributed by atoms with Crippen LogP contribution in [-0.4, -0.2) is 40.0 Å². The van der Waals surface area contributed by atoms with Crippen LogP contribution in [0.15, 0.2) is 18.2 Å². The number of methoxy groups -OCH3 is 1. The van der Waals surface area contributed by atoms with Crippen molar-refractivity contribution in [2.75, 3.05) is 19.5 Å². The molecule has 2 unspecified atom stereocenters. The smallest absolute Gasteiger partial charge is 0.186 e. The van der Waals surface area contributed by atoms with Crippen LogP contribution in [0.5, 0.6) is 5.75 Å². The van der Waals surface area contributed by atoms with E-state index in [0.29, 0.717) is 17.3 Å². The first-order valence-corrected chi connectivity index (χ1v) is 7.04. The molecule has 7 heteroatoms. The maximum Gasteiger partial charge on any atom is 0.186 e. The first-order chi connectivity index (χ1) is 10.2. The summed E-state index contributed by atoms with van der Waals surface area (Å²) in [4.78, 5) is 0. The average Bonchev–Trinajstić information content (AvgIpc) is 3.18. The molecule has 2 N–H and O–H groups in total. The number of nitrogen functional groups attached to an aromatic ring is 1. The van der Waals surface area contributed by atoms with Crippen molar-refractivity contribution < 1.29 is 9.47 Å². The second-order valence-electron chi connectivity index (χ2n) is 5.20. The highest BCUT2D eigenvalue weighted by molar-refractivity contribution is 5.68. The molecule has 1 aromatic heterocycles. The molecule has 1 aromatic carbocycles. The molecular formula is C14H19N5O2. The summed E-state index contributed by atoms with van der Waals surface area (Å²) in [5.74, 6) is 1.34.